The van der Waals surface area contributed by atoms with Crippen molar-refractivity contribution in [1.82, 2.24) is 5.32 Å². The lowest BCUT2D eigenvalue weighted by Gasteiger charge is -2.15. The summed E-state index contributed by atoms with van der Waals surface area (Å²) in [6, 6.07) is 13.5. The Bertz CT molecular complexity index is 789. The van der Waals surface area contributed by atoms with Gasteiger partial charge in [0, 0.05) is 5.75 Å². The molecule has 0 saturated heterocycles. The monoisotopic (exact) mass is 371 g/mol. The fraction of sp³-hybridized carbons (Fsp3) is 0.333. The molecular weight excluding hydrogens is 346 g/mol. The molecule has 0 fully saturated rings. The number of ether oxygens (including phenoxy) is 1. The second-order valence-electron chi connectivity index (χ2n) is 6.32. The van der Waals surface area contributed by atoms with Crippen molar-refractivity contribution >= 4 is 23.6 Å². The van der Waals surface area contributed by atoms with Crippen molar-refractivity contribution in [2.75, 3.05) is 12.9 Å². The Morgan fingerprint density at radius 2 is 1.88 bits per heavy atom. The van der Waals surface area contributed by atoms with E-state index in [1.165, 1.54) is 30.0 Å². The van der Waals surface area contributed by atoms with E-state index in [9.17, 15) is 9.59 Å². The minimum absolute atomic E-state index is 0.00449. The van der Waals surface area contributed by atoms with E-state index < -0.39 is 0 Å². The van der Waals surface area contributed by atoms with Gasteiger partial charge in [-0.2, -0.15) is 0 Å². The van der Waals surface area contributed by atoms with E-state index in [1.54, 1.807) is 12.1 Å². The molecule has 0 bridgehead atoms. The summed E-state index contributed by atoms with van der Waals surface area (Å²) >= 11 is 1.52. The highest BCUT2D eigenvalue weighted by Gasteiger charge is 2.11. The van der Waals surface area contributed by atoms with Crippen LogP contribution < -0.4 is 5.32 Å². The Hall–Kier alpha value is -2.27. The van der Waals surface area contributed by atoms with Crippen LogP contribution in [0.3, 0.4) is 0 Å². The number of amides is 1. The summed E-state index contributed by atoms with van der Waals surface area (Å²) in [6.45, 7) is 6.15. The van der Waals surface area contributed by atoms with Crippen LogP contribution in [0.2, 0.25) is 0 Å². The molecular formula is C21H25NO3S. The summed E-state index contributed by atoms with van der Waals surface area (Å²) in [5.41, 5.74) is 5.10. The fourth-order valence-electron chi connectivity index (χ4n) is 2.57. The van der Waals surface area contributed by atoms with Gasteiger partial charge in [0.25, 0.3) is 0 Å². The molecule has 2 aromatic carbocycles. The molecule has 0 saturated carbocycles. The second-order valence-corrected chi connectivity index (χ2v) is 7.30. The molecule has 2 aromatic rings. The maximum absolute atomic E-state index is 12.2. The molecule has 0 heterocycles. The molecule has 1 atom stereocenters. The zero-order valence-electron chi connectivity index (χ0n) is 15.7. The largest absolute Gasteiger partial charge is 0.465 e. The molecule has 1 N–H and O–H groups in total. The van der Waals surface area contributed by atoms with Crippen molar-refractivity contribution in [2.24, 2.45) is 0 Å². The second kappa shape index (κ2) is 9.43. The lowest BCUT2D eigenvalue weighted by atomic mass is 10.0. The van der Waals surface area contributed by atoms with Crippen LogP contribution in [0.5, 0.6) is 0 Å². The first-order valence-electron chi connectivity index (χ1n) is 8.52. The van der Waals surface area contributed by atoms with Crippen molar-refractivity contribution in [1.29, 1.82) is 0 Å². The number of carbonyl (C=O) groups excluding carboxylic acids is 2. The first-order chi connectivity index (χ1) is 12.4. The minimum atomic E-state index is -0.350. The van der Waals surface area contributed by atoms with Crippen LogP contribution in [0.25, 0.3) is 0 Å². The topological polar surface area (TPSA) is 55.4 Å². The van der Waals surface area contributed by atoms with Gasteiger partial charge in [0.1, 0.15) is 0 Å². The molecule has 0 unspecified atom stereocenters. The first-order valence-corrected chi connectivity index (χ1v) is 9.67. The van der Waals surface area contributed by atoms with Crippen LogP contribution in [-0.4, -0.2) is 24.7 Å². The van der Waals surface area contributed by atoms with Gasteiger partial charge in [0.05, 0.1) is 24.5 Å². The lowest BCUT2D eigenvalue weighted by Crippen LogP contribution is -2.28. The summed E-state index contributed by atoms with van der Waals surface area (Å²) in [5, 5.41) is 3.03. The Morgan fingerprint density at radius 1 is 1.12 bits per heavy atom. The number of carbonyl (C=O) groups is 2. The minimum Gasteiger partial charge on any atom is -0.465 e. The van der Waals surface area contributed by atoms with E-state index in [2.05, 4.69) is 37.4 Å². The zero-order valence-corrected chi connectivity index (χ0v) is 16.5. The highest BCUT2D eigenvalue weighted by molar-refractivity contribution is 7.99. The molecule has 0 aromatic heterocycles. The summed E-state index contributed by atoms with van der Waals surface area (Å²) in [6.07, 6.45) is 0. The third-order valence-electron chi connectivity index (χ3n) is 4.26. The molecule has 1 amide bonds. The van der Waals surface area contributed by atoms with Crippen LogP contribution in [0.4, 0.5) is 0 Å². The number of rotatable bonds is 7. The summed E-state index contributed by atoms with van der Waals surface area (Å²) < 4.78 is 4.73. The average molecular weight is 372 g/mol. The quantitative estimate of drug-likeness (QED) is 0.741. The molecule has 26 heavy (non-hydrogen) atoms. The van der Waals surface area contributed by atoms with Gasteiger partial charge >= 0.3 is 5.97 Å². The number of aryl methyl sites for hydroxylation is 2. The third kappa shape index (κ3) is 5.63. The van der Waals surface area contributed by atoms with E-state index in [-0.39, 0.29) is 17.9 Å². The summed E-state index contributed by atoms with van der Waals surface area (Å²) in [7, 11) is 1.37. The van der Waals surface area contributed by atoms with E-state index >= 15 is 0 Å². The third-order valence-corrected chi connectivity index (χ3v) is 5.26. The van der Waals surface area contributed by atoms with Gasteiger partial charge in [-0.3, -0.25) is 4.79 Å². The maximum atomic E-state index is 12.2. The van der Waals surface area contributed by atoms with Crippen molar-refractivity contribution in [3.8, 4) is 0 Å². The van der Waals surface area contributed by atoms with Crippen LogP contribution in [0.1, 0.15) is 45.6 Å². The number of esters is 1. The van der Waals surface area contributed by atoms with Crippen LogP contribution >= 0.6 is 11.8 Å². The number of nitrogens with one attached hydrogen (secondary N) is 1. The normalized spacial score (nSPS) is 11.7. The highest BCUT2D eigenvalue weighted by atomic mass is 32.2. The molecule has 0 aliphatic heterocycles. The Balaban J connectivity index is 1.83. The fourth-order valence-corrected chi connectivity index (χ4v) is 3.35. The SMILES string of the molecule is COC(=O)c1cccc(CSCC(=O)N[C@@H](C)c2ccc(C)c(C)c2)c1. The van der Waals surface area contributed by atoms with Crippen molar-refractivity contribution in [3.05, 3.63) is 70.3 Å². The molecule has 4 nitrogen and oxygen atoms in total. The highest BCUT2D eigenvalue weighted by Crippen LogP contribution is 2.18. The standard InChI is InChI=1S/C21H25NO3S/c1-14-8-9-18(10-15(14)2)16(3)22-20(23)13-26-12-17-6-5-7-19(11-17)21(24)25-4/h5-11,16H,12-13H2,1-4H3,(H,22,23)/t16-/m0/s1. The van der Waals surface area contributed by atoms with Crippen LogP contribution in [-0.2, 0) is 15.3 Å². The molecule has 5 heteroatoms. The van der Waals surface area contributed by atoms with Gasteiger partial charge in [0.2, 0.25) is 5.91 Å². The van der Waals surface area contributed by atoms with Crippen molar-refractivity contribution < 1.29 is 14.3 Å². The Kier molecular flexibility index (Phi) is 7.27. The van der Waals surface area contributed by atoms with Gasteiger partial charge in [0.15, 0.2) is 0 Å². The number of hydrogen-bond acceptors (Lipinski definition) is 4. The van der Waals surface area contributed by atoms with Gasteiger partial charge in [-0.1, -0.05) is 30.3 Å². The maximum Gasteiger partial charge on any atom is 0.337 e. The summed E-state index contributed by atoms with van der Waals surface area (Å²) in [5.74, 6) is 0.690. The van der Waals surface area contributed by atoms with Gasteiger partial charge in [-0.05, 0) is 55.2 Å². The van der Waals surface area contributed by atoms with Crippen molar-refractivity contribution in [2.45, 2.75) is 32.6 Å². The predicted molar refractivity (Wildman–Crippen MR) is 106 cm³/mol. The smallest absolute Gasteiger partial charge is 0.337 e. The van der Waals surface area contributed by atoms with E-state index in [1.807, 2.05) is 19.1 Å². The van der Waals surface area contributed by atoms with Gasteiger partial charge < -0.3 is 10.1 Å². The molecule has 138 valence electrons. The molecule has 2 rings (SSSR count). The number of thioether (sulfide) groups is 1. The van der Waals surface area contributed by atoms with Crippen LogP contribution in [0, 0.1) is 13.8 Å². The molecule has 0 aliphatic rings. The number of benzene rings is 2. The van der Waals surface area contributed by atoms with E-state index in [4.69, 9.17) is 4.74 Å². The van der Waals surface area contributed by atoms with Crippen molar-refractivity contribution in [3.63, 3.8) is 0 Å². The van der Waals surface area contributed by atoms with E-state index in [0.29, 0.717) is 17.1 Å². The summed E-state index contributed by atoms with van der Waals surface area (Å²) in [4.78, 5) is 23.7. The first kappa shape index (κ1) is 20.0. The number of hydrogen-bond donors (Lipinski definition) is 1. The van der Waals surface area contributed by atoms with Gasteiger partial charge in [-0.25, -0.2) is 4.79 Å². The Morgan fingerprint density at radius 3 is 2.58 bits per heavy atom. The molecule has 0 spiro atoms. The zero-order chi connectivity index (χ0) is 19.1. The van der Waals surface area contributed by atoms with Gasteiger partial charge in [-0.15, -0.1) is 11.8 Å². The Labute approximate surface area is 159 Å². The predicted octanol–water partition coefficient (Wildman–Crippen LogP) is 4.20. The number of methoxy groups -OCH3 is 1. The van der Waals surface area contributed by atoms with Crippen LogP contribution in [0.15, 0.2) is 42.5 Å². The molecule has 0 aliphatic carbocycles. The van der Waals surface area contributed by atoms with E-state index in [0.717, 1.165) is 11.1 Å². The molecule has 0 radical (unpaired) electrons. The lowest BCUT2D eigenvalue weighted by molar-refractivity contribution is -0.119. The average Bonchev–Trinajstić information content (AvgIpc) is 2.63.